The number of likely N-dealkylation sites (N-methyl/N-ethyl adjacent to an activating group) is 1. The molecular formula is C71H116NO8+. The molecule has 452 valence electrons. The summed E-state index contributed by atoms with van der Waals surface area (Å²) in [5.41, 5.74) is 0. The SMILES string of the molecule is CC/C=C\C/C=C\C/C=C\C/C=C\C/C=C\C/C=C\C/C=C\C/C=C\C/C=C\C/C=C\CCCCCCCCCCCCC(=O)OC(COC(=O)CCCCCCC/C=C\C/C=C\CCCC)COC(OCC[N+](C)(C)C)C(=O)O. The van der Waals surface area contributed by atoms with Gasteiger partial charge in [0.25, 0.3) is 6.29 Å². The standard InChI is InChI=1S/C71H115NO8/c1-6-8-10-12-14-16-18-20-22-23-24-25-26-27-28-29-30-31-32-33-34-35-36-37-38-39-40-41-42-43-44-45-46-47-48-50-52-54-56-58-60-62-69(74)80-67(66-79-71(70(75)76)77-64-63-72(3,4)5)65-78-68(73)61-59-57-55-53-51-49-21-19-17-15-13-11-9-7-2/h8,10,13-16,19-22,24-25,27-28,30-31,33-34,36-37,39-40,42-43,67,71H,6-7,9,11-12,17-18,23,26,29,32,35,38,41,44-66H2,1-5H3/p+1/b10-8-,15-13-,16-14-,21-19-,22-20-,25-24-,28-27-,31-30-,34-33-,37-36-,40-39-,43-42-. The molecule has 0 saturated carbocycles. The molecule has 0 aromatic carbocycles. The molecule has 0 fully saturated rings. The summed E-state index contributed by atoms with van der Waals surface area (Å²) in [4.78, 5) is 37.4. The average molecular weight is 1110 g/mol. The van der Waals surface area contributed by atoms with Gasteiger partial charge in [-0.15, -0.1) is 0 Å². The summed E-state index contributed by atoms with van der Waals surface area (Å²) in [7, 11) is 5.95. The summed E-state index contributed by atoms with van der Waals surface area (Å²) >= 11 is 0. The van der Waals surface area contributed by atoms with E-state index in [1.807, 2.05) is 21.1 Å². The van der Waals surface area contributed by atoms with Crippen LogP contribution in [0.25, 0.3) is 0 Å². The fourth-order valence-corrected chi connectivity index (χ4v) is 8.00. The molecule has 0 aromatic heterocycles. The Labute approximate surface area is 490 Å². The van der Waals surface area contributed by atoms with Gasteiger partial charge in [0.05, 0.1) is 34.4 Å². The van der Waals surface area contributed by atoms with Gasteiger partial charge in [0, 0.05) is 12.8 Å². The van der Waals surface area contributed by atoms with E-state index in [9.17, 15) is 19.5 Å². The van der Waals surface area contributed by atoms with Crippen LogP contribution >= 0.6 is 0 Å². The van der Waals surface area contributed by atoms with Crippen LogP contribution in [0.4, 0.5) is 0 Å². The third-order valence-electron chi connectivity index (χ3n) is 12.8. The highest BCUT2D eigenvalue weighted by atomic mass is 16.7. The van der Waals surface area contributed by atoms with Crippen LogP contribution in [0.3, 0.4) is 0 Å². The fraction of sp³-hybridized carbons (Fsp3) is 0.620. The van der Waals surface area contributed by atoms with Gasteiger partial charge in [-0.3, -0.25) is 9.59 Å². The third-order valence-corrected chi connectivity index (χ3v) is 12.8. The van der Waals surface area contributed by atoms with Crippen molar-refractivity contribution < 1.29 is 42.9 Å². The van der Waals surface area contributed by atoms with Crippen LogP contribution in [0.5, 0.6) is 0 Å². The Kier molecular flexibility index (Phi) is 56.6. The number of nitrogens with zero attached hydrogens (tertiary/aromatic N) is 1. The summed E-state index contributed by atoms with van der Waals surface area (Å²) in [5.74, 6) is -2.04. The second kappa shape index (κ2) is 60.3. The van der Waals surface area contributed by atoms with Crippen molar-refractivity contribution in [2.45, 2.75) is 238 Å². The number of hydrogen-bond donors (Lipinski definition) is 1. The van der Waals surface area contributed by atoms with E-state index in [0.29, 0.717) is 17.4 Å². The lowest BCUT2D eigenvalue weighted by Gasteiger charge is -2.25. The van der Waals surface area contributed by atoms with Gasteiger partial charge in [0.1, 0.15) is 13.2 Å². The van der Waals surface area contributed by atoms with Gasteiger partial charge in [-0.25, -0.2) is 4.79 Å². The van der Waals surface area contributed by atoms with Crippen LogP contribution in [0.15, 0.2) is 146 Å². The molecule has 0 heterocycles. The number of carboxylic acids is 1. The first-order valence-corrected chi connectivity index (χ1v) is 31.5. The van der Waals surface area contributed by atoms with E-state index in [-0.39, 0.29) is 38.6 Å². The largest absolute Gasteiger partial charge is 0.477 e. The van der Waals surface area contributed by atoms with Crippen molar-refractivity contribution in [3.8, 4) is 0 Å². The van der Waals surface area contributed by atoms with Gasteiger partial charge in [-0.05, 0) is 116 Å². The predicted octanol–water partition coefficient (Wildman–Crippen LogP) is 19.2. The Morgan fingerprint density at radius 1 is 0.388 bits per heavy atom. The topological polar surface area (TPSA) is 108 Å². The minimum absolute atomic E-state index is 0.178. The maximum Gasteiger partial charge on any atom is 0.361 e. The summed E-state index contributed by atoms with van der Waals surface area (Å²) in [6.07, 6.45) is 85.2. The van der Waals surface area contributed by atoms with Crippen molar-refractivity contribution in [2.75, 3.05) is 47.5 Å². The van der Waals surface area contributed by atoms with E-state index in [4.69, 9.17) is 18.9 Å². The van der Waals surface area contributed by atoms with Crippen LogP contribution in [0.1, 0.15) is 226 Å². The smallest absolute Gasteiger partial charge is 0.361 e. The van der Waals surface area contributed by atoms with E-state index >= 15 is 0 Å². The molecule has 0 aliphatic rings. The van der Waals surface area contributed by atoms with Crippen LogP contribution in [0.2, 0.25) is 0 Å². The zero-order chi connectivity index (χ0) is 58.3. The number of hydrogen-bond acceptors (Lipinski definition) is 7. The molecule has 9 heteroatoms. The van der Waals surface area contributed by atoms with E-state index < -0.39 is 24.3 Å². The maximum atomic E-state index is 12.9. The molecular weight excluding hydrogens is 995 g/mol. The van der Waals surface area contributed by atoms with Crippen LogP contribution in [-0.2, 0) is 33.3 Å². The van der Waals surface area contributed by atoms with Crippen molar-refractivity contribution in [2.24, 2.45) is 0 Å². The van der Waals surface area contributed by atoms with Gasteiger partial charge < -0.3 is 28.5 Å². The number of carbonyl (C=O) groups excluding carboxylic acids is 2. The highest BCUT2D eigenvalue weighted by Crippen LogP contribution is 2.15. The number of ether oxygens (including phenoxy) is 4. The molecule has 1 N–H and O–H groups in total. The molecule has 0 spiro atoms. The van der Waals surface area contributed by atoms with Gasteiger partial charge in [-0.1, -0.05) is 243 Å². The van der Waals surface area contributed by atoms with Gasteiger partial charge in [0.15, 0.2) is 6.10 Å². The lowest BCUT2D eigenvalue weighted by molar-refractivity contribution is -0.870. The van der Waals surface area contributed by atoms with Gasteiger partial charge in [-0.2, -0.15) is 0 Å². The molecule has 0 saturated heterocycles. The Morgan fingerprint density at radius 2 is 0.713 bits per heavy atom. The number of esters is 2. The zero-order valence-electron chi connectivity index (χ0n) is 51.4. The highest BCUT2D eigenvalue weighted by molar-refractivity contribution is 5.71. The number of rotatable bonds is 56. The average Bonchev–Trinajstić information content (AvgIpc) is 3.43. The third kappa shape index (κ3) is 60.8. The second-order valence-electron chi connectivity index (χ2n) is 21.6. The van der Waals surface area contributed by atoms with E-state index in [1.54, 1.807) is 0 Å². The maximum absolute atomic E-state index is 12.9. The molecule has 0 amide bonds. The predicted molar refractivity (Wildman–Crippen MR) is 340 cm³/mol. The molecule has 9 nitrogen and oxygen atoms in total. The van der Waals surface area contributed by atoms with Crippen molar-refractivity contribution in [3.63, 3.8) is 0 Å². The minimum Gasteiger partial charge on any atom is -0.477 e. The monoisotopic (exact) mass is 1110 g/mol. The van der Waals surface area contributed by atoms with Crippen LogP contribution < -0.4 is 0 Å². The molecule has 0 rings (SSSR count). The minimum atomic E-state index is -1.52. The molecule has 0 aliphatic heterocycles. The fourth-order valence-electron chi connectivity index (χ4n) is 8.00. The van der Waals surface area contributed by atoms with E-state index in [2.05, 4.69) is 160 Å². The first-order valence-electron chi connectivity index (χ1n) is 31.5. The van der Waals surface area contributed by atoms with Crippen molar-refractivity contribution in [1.29, 1.82) is 0 Å². The zero-order valence-corrected chi connectivity index (χ0v) is 51.4. The first kappa shape index (κ1) is 75.2. The van der Waals surface area contributed by atoms with E-state index in [0.717, 1.165) is 141 Å². The number of carbonyl (C=O) groups is 3. The molecule has 2 atom stereocenters. The number of carboxylic acid groups (broad SMARTS) is 1. The van der Waals surface area contributed by atoms with Crippen molar-refractivity contribution in [3.05, 3.63) is 146 Å². The molecule has 0 bridgehead atoms. The molecule has 0 aromatic rings. The summed E-state index contributed by atoms with van der Waals surface area (Å²) in [6, 6.07) is 0. The molecule has 80 heavy (non-hydrogen) atoms. The Morgan fingerprint density at radius 3 is 1.06 bits per heavy atom. The summed E-state index contributed by atoms with van der Waals surface area (Å²) in [6.45, 7) is 4.68. The Hall–Kier alpha value is -4.83. The summed E-state index contributed by atoms with van der Waals surface area (Å²) in [5, 5.41) is 9.70. The lowest BCUT2D eigenvalue weighted by Crippen LogP contribution is -2.40. The van der Waals surface area contributed by atoms with Crippen molar-refractivity contribution >= 4 is 17.9 Å². The number of unbranched alkanes of at least 4 members (excludes halogenated alkanes) is 17. The molecule has 0 aliphatic carbocycles. The normalized spacial score (nSPS) is 13.8. The molecule has 0 radical (unpaired) electrons. The number of allylic oxidation sites excluding steroid dienone is 24. The van der Waals surface area contributed by atoms with Crippen molar-refractivity contribution in [1.82, 2.24) is 0 Å². The summed E-state index contributed by atoms with van der Waals surface area (Å²) < 4.78 is 22.8. The molecule has 2 unspecified atom stereocenters. The van der Waals surface area contributed by atoms with Crippen LogP contribution in [-0.4, -0.2) is 87.4 Å². The van der Waals surface area contributed by atoms with Crippen LogP contribution in [0, 0.1) is 0 Å². The second-order valence-corrected chi connectivity index (χ2v) is 21.6. The van der Waals surface area contributed by atoms with Gasteiger partial charge in [0.2, 0.25) is 0 Å². The Balaban J connectivity index is 4.14. The Bertz CT molecular complexity index is 1820. The quantitative estimate of drug-likeness (QED) is 0.0211. The number of aliphatic carboxylic acids is 1. The lowest BCUT2D eigenvalue weighted by atomic mass is 10.0. The first-order chi connectivity index (χ1) is 39.1. The van der Waals surface area contributed by atoms with Gasteiger partial charge >= 0.3 is 17.9 Å². The highest BCUT2D eigenvalue weighted by Gasteiger charge is 2.25. The van der Waals surface area contributed by atoms with E-state index in [1.165, 1.54) is 51.4 Å². The number of quaternary nitrogens is 1.